The molecular formula is C17H27IN6O2. The molecule has 1 atom stereocenters. The Bertz CT molecular complexity index is 650. The van der Waals surface area contributed by atoms with Crippen LogP contribution in [0.3, 0.4) is 0 Å². The number of hydrogen-bond acceptors (Lipinski definition) is 5. The molecule has 0 spiro atoms. The molecule has 0 aliphatic carbocycles. The molecule has 1 aromatic heterocycles. The van der Waals surface area contributed by atoms with Crippen LogP contribution in [-0.2, 0) is 24.9 Å². The predicted octanol–water partition coefficient (Wildman–Crippen LogP) is 1.07. The fraction of sp³-hybridized carbons (Fsp3) is 0.471. The highest BCUT2D eigenvalue weighted by atomic mass is 127. The average Bonchev–Trinajstić information content (AvgIpc) is 3.03. The van der Waals surface area contributed by atoms with Gasteiger partial charge in [0.15, 0.2) is 5.96 Å². The molecule has 2 aromatic rings. The predicted molar refractivity (Wildman–Crippen MR) is 111 cm³/mol. The Morgan fingerprint density at radius 2 is 2.08 bits per heavy atom. The highest BCUT2D eigenvalue weighted by Gasteiger charge is 2.07. The van der Waals surface area contributed by atoms with Gasteiger partial charge in [-0.1, -0.05) is 30.3 Å². The van der Waals surface area contributed by atoms with Crippen molar-refractivity contribution in [2.45, 2.75) is 26.2 Å². The van der Waals surface area contributed by atoms with Crippen LogP contribution in [0.2, 0.25) is 0 Å². The summed E-state index contributed by atoms with van der Waals surface area (Å²) in [5, 5.41) is 20.3. The SMILES string of the molecule is CCNC(=NCc1ncnn1C)NCC(O)COCc1ccccc1.I. The van der Waals surface area contributed by atoms with Gasteiger partial charge in [-0.15, -0.1) is 24.0 Å². The number of guanidine groups is 1. The minimum atomic E-state index is -0.623. The summed E-state index contributed by atoms with van der Waals surface area (Å²) >= 11 is 0. The van der Waals surface area contributed by atoms with E-state index in [1.165, 1.54) is 6.33 Å². The Labute approximate surface area is 171 Å². The monoisotopic (exact) mass is 474 g/mol. The highest BCUT2D eigenvalue weighted by Crippen LogP contribution is 2.00. The van der Waals surface area contributed by atoms with Gasteiger partial charge in [-0.3, -0.25) is 4.68 Å². The zero-order valence-corrected chi connectivity index (χ0v) is 17.5. The third-order valence-corrected chi connectivity index (χ3v) is 3.45. The number of aromatic nitrogens is 3. The molecule has 0 aliphatic heterocycles. The molecule has 0 bridgehead atoms. The van der Waals surface area contributed by atoms with Crippen molar-refractivity contribution in [3.8, 4) is 0 Å². The van der Waals surface area contributed by atoms with E-state index in [0.29, 0.717) is 25.7 Å². The van der Waals surface area contributed by atoms with Crippen LogP contribution in [0.5, 0.6) is 0 Å². The van der Waals surface area contributed by atoms with E-state index in [4.69, 9.17) is 4.74 Å². The second kappa shape index (κ2) is 12.6. The number of hydrogen-bond donors (Lipinski definition) is 3. The zero-order chi connectivity index (χ0) is 17.9. The molecule has 0 fully saturated rings. The van der Waals surface area contributed by atoms with Crippen molar-refractivity contribution in [3.63, 3.8) is 0 Å². The lowest BCUT2D eigenvalue weighted by molar-refractivity contribution is 0.0308. The van der Waals surface area contributed by atoms with E-state index in [2.05, 4.69) is 25.7 Å². The Balaban J connectivity index is 0.00000338. The summed E-state index contributed by atoms with van der Waals surface area (Å²) in [6.45, 7) is 4.21. The van der Waals surface area contributed by atoms with Crippen molar-refractivity contribution in [1.29, 1.82) is 0 Å². The maximum atomic E-state index is 10.0. The van der Waals surface area contributed by atoms with Gasteiger partial charge in [0.25, 0.3) is 0 Å². The number of aliphatic hydroxyl groups excluding tert-OH is 1. The normalized spacial score (nSPS) is 12.3. The molecule has 3 N–H and O–H groups in total. The van der Waals surface area contributed by atoms with Crippen LogP contribution >= 0.6 is 24.0 Å². The molecule has 1 aromatic carbocycles. The standard InChI is InChI=1S/C17H26N6O2.HI/c1-3-18-17(20-10-16-21-13-22-23(16)2)19-9-15(24)12-25-11-14-7-5-4-6-8-14;/h4-8,13,15,24H,3,9-12H2,1-2H3,(H2,18,19,20);1H. The summed E-state index contributed by atoms with van der Waals surface area (Å²) < 4.78 is 7.22. The number of nitrogens with one attached hydrogen (secondary N) is 2. The molecule has 0 amide bonds. The van der Waals surface area contributed by atoms with Crippen molar-refractivity contribution in [2.24, 2.45) is 12.0 Å². The van der Waals surface area contributed by atoms with E-state index in [9.17, 15) is 5.11 Å². The number of aryl methyl sites for hydroxylation is 1. The van der Waals surface area contributed by atoms with Crippen LogP contribution in [0.25, 0.3) is 0 Å². The van der Waals surface area contributed by atoms with E-state index in [1.54, 1.807) is 4.68 Å². The second-order valence-corrected chi connectivity index (χ2v) is 5.53. The summed E-state index contributed by atoms with van der Waals surface area (Å²) in [5.74, 6) is 1.39. The first-order valence-corrected chi connectivity index (χ1v) is 8.33. The fourth-order valence-corrected chi connectivity index (χ4v) is 2.12. The summed E-state index contributed by atoms with van der Waals surface area (Å²) in [4.78, 5) is 8.57. The summed E-state index contributed by atoms with van der Waals surface area (Å²) in [6.07, 6.45) is 0.876. The molecule has 0 aliphatic rings. The lowest BCUT2D eigenvalue weighted by atomic mass is 10.2. The molecule has 26 heavy (non-hydrogen) atoms. The van der Waals surface area contributed by atoms with E-state index in [-0.39, 0.29) is 30.6 Å². The average molecular weight is 474 g/mol. The molecule has 8 nitrogen and oxygen atoms in total. The van der Waals surface area contributed by atoms with E-state index >= 15 is 0 Å². The quantitative estimate of drug-likeness (QED) is 0.286. The van der Waals surface area contributed by atoms with Gasteiger partial charge in [0, 0.05) is 20.1 Å². The maximum Gasteiger partial charge on any atom is 0.191 e. The number of halogens is 1. The fourth-order valence-electron chi connectivity index (χ4n) is 2.12. The Morgan fingerprint density at radius 3 is 2.73 bits per heavy atom. The summed E-state index contributed by atoms with van der Waals surface area (Å²) in [5.41, 5.74) is 1.08. The van der Waals surface area contributed by atoms with Gasteiger partial charge >= 0.3 is 0 Å². The largest absolute Gasteiger partial charge is 0.389 e. The molecular weight excluding hydrogens is 447 g/mol. The molecule has 1 unspecified atom stereocenters. The van der Waals surface area contributed by atoms with Crippen molar-refractivity contribution < 1.29 is 9.84 Å². The van der Waals surface area contributed by atoms with Gasteiger partial charge in [0.2, 0.25) is 0 Å². The minimum absolute atomic E-state index is 0. The topological polar surface area (TPSA) is 96.6 Å². The molecule has 2 rings (SSSR count). The van der Waals surface area contributed by atoms with Crippen LogP contribution < -0.4 is 10.6 Å². The molecule has 0 saturated heterocycles. The molecule has 0 radical (unpaired) electrons. The van der Waals surface area contributed by atoms with Gasteiger partial charge in [-0.05, 0) is 12.5 Å². The Morgan fingerprint density at radius 1 is 1.31 bits per heavy atom. The van der Waals surface area contributed by atoms with Crippen molar-refractivity contribution >= 4 is 29.9 Å². The number of rotatable bonds is 9. The van der Waals surface area contributed by atoms with Gasteiger partial charge in [-0.25, -0.2) is 9.98 Å². The first-order valence-electron chi connectivity index (χ1n) is 8.33. The highest BCUT2D eigenvalue weighted by molar-refractivity contribution is 14.0. The first kappa shape index (κ1) is 22.3. The number of benzene rings is 1. The van der Waals surface area contributed by atoms with Crippen LogP contribution in [0.15, 0.2) is 41.7 Å². The molecule has 9 heteroatoms. The van der Waals surface area contributed by atoms with Crippen LogP contribution in [0, 0.1) is 0 Å². The van der Waals surface area contributed by atoms with Crippen molar-refractivity contribution in [2.75, 3.05) is 19.7 Å². The summed E-state index contributed by atoms with van der Waals surface area (Å²) in [7, 11) is 1.83. The minimum Gasteiger partial charge on any atom is -0.389 e. The van der Waals surface area contributed by atoms with Crippen molar-refractivity contribution in [3.05, 3.63) is 48.0 Å². The molecule has 1 heterocycles. The van der Waals surface area contributed by atoms with E-state index in [0.717, 1.165) is 17.9 Å². The Hall–Kier alpha value is -1.72. The second-order valence-electron chi connectivity index (χ2n) is 5.53. The van der Waals surface area contributed by atoms with Gasteiger partial charge < -0.3 is 20.5 Å². The number of ether oxygens (including phenoxy) is 1. The van der Waals surface area contributed by atoms with Crippen molar-refractivity contribution in [1.82, 2.24) is 25.4 Å². The lowest BCUT2D eigenvalue weighted by Gasteiger charge is -2.15. The number of aliphatic hydroxyl groups is 1. The van der Waals surface area contributed by atoms with Gasteiger partial charge in [0.1, 0.15) is 18.7 Å². The lowest BCUT2D eigenvalue weighted by Crippen LogP contribution is -2.42. The summed E-state index contributed by atoms with van der Waals surface area (Å²) in [6, 6.07) is 9.88. The van der Waals surface area contributed by atoms with Crippen LogP contribution in [-0.4, -0.2) is 51.6 Å². The van der Waals surface area contributed by atoms with Crippen LogP contribution in [0.1, 0.15) is 18.3 Å². The smallest absolute Gasteiger partial charge is 0.191 e. The maximum absolute atomic E-state index is 10.0. The number of aliphatic imine (C=N–C) groups is 1. The molecule has 144 valence electrons. The Kier molecular flexibility index (Phi) is 10.8. The first-order chi connectivity index (χ1) is 12.2. The third-order valence-electron chi connectivity index (χ3n) is 3.45. The molecule has 0 saturated carbocycles. The van der Waals surface area contributed by atoms with Gasteiger partial charge in [0.05, 0.1) is 19.3 Å². The van der Waals surface area contributed by atoms with Crippen LogP contribution in [0.4, 0.5) is 0 Å². The van der Waals surface area contributed by atoms with E-state index < -0.39 is 6.10 Å². The van der Waals surface area contributed by atoms with Gasteiger partial charge in [-0.2, -0.15) is 5.10 Å². The number of nitrogens with zero attached hydrogens (tertiary/aromatic N) is 4. The third kappa shape index (κ3) is 8.11. The van der Waals surface area contributed by atoms with E-state index in [1.807, 2.05) is 44.3 Å². The zero-order valence-electron chi connectivity index (χ0n) is 15.1.